The van der Waals surface area contributed by atoms with Crippen LogP contribution in [0.4, 0.5) is 0 Å². The Morgan fingerprint density at radius 2 is 1.56 bits per heavy atom. The maximum Gasteiger partial charge on any atom is 0.226 e. The zero-order valence-electron chi connectivity index (χ0n) is 37.1. The molecular formula is C49H65BrN6O7. The van der Waals surface area contributed by atoms with Crippen LogP contribution in [0.1, 0.15) is 118 Å². The quantitative estimate of drug-likeness (QED) is 0.0564. The minimum atomic E-state index is -1.20. The molecule has 4 atom stereocenters. The molecule has 63 heavy (non-hydrogen) atoms. The summed E-state index contributed by atoms with van der Waals surface area (Å²) < 4.78 is 12.9. The second kappa shape index (κ2) is 26.0. The van der Waals surface area contributed by atoms with E-state index in [1.807, 2.05) is 24.3 Å². The highest BCUT2D eigenvalue weighted by atomic mass is 79.9. The third kappa shape index (κ3) is 14.5. The van der Waals surface area contributed by atoms with Crippen LogP contribution in [0.5, 0.6) is 11.5 Å². The summed E-state index contributed by atoms with van der Waals surface area (Å²) in [7, 11) is 1.53. The predicted octanol–water partition coefficient (Wildman–Crippen LogP) is 6.94. The first-order valence-electron chi connectivity index (χ1n) is 22.3. The highest BCUT2D eigenvalue weighted by Crippen LogP contribution is 2.41. The molecule has 0 aliphatic carbocycles. The molecule has 0 fully saturated rings. The van der Waals surface area contributed by atoms with Crippen molar-refractivity contribution in [3.8, 4) is 28.7 Å². The Balaban J connectivity index is 1.76. The lowest BCUT2D eigenvalue weighted by Crippen LogP contribution is -2.46. The summed E-state index contributed by atoms with van der Waals surface area (Å²) in [6, 6.07) is 16.1. The summed E-state index contributed by atoms with van der Waals surface area (Å²) in [5.74, 6) is -2.84. The van der Waals surface area contributed by atoms with E-state index in [-0.39, 0.29) is 82.9 Å². The van der Waals surface area contributed by atoms with E-state index in [0.29, 0.717) is 43.8 Å². The van der Waals surface area contributed by atoms with Crippen molar-refractivity contribution >= 4 is 45.1 Å². The van der Waals surface area contributed by atoms with Crippen molar-refractivity contribution in [2.45, 2.75) is 109 Å². The Morgan fingerprint density at radius 1 is 0.889 bits per heavy atom. The summed E-state index contributed by atoms with van der Waals surface area (Å²) in [4.78, 5) is 71.9. The van der Waals surface area contributed by atoms with Crippen LogP contribution in [-0.2, 0) is 32.0 Å². The fraction of sp³-hybridized carbons (Fsp3) is 0.510. The molecule has 3 aromatic carbocycles. The van der Waals surface area contributed by atoms with Gasteiger partial charge in [-0.3, -0.25) is 24.0 Å². The SMILES string of the molecule is CCCCCCCCc1ccc(C(=O)C[C@@H](CCN)C(=O)N(C)[C@@H]2C(=O)C[C@@H](C)C(=O)N[C@H](C(=O)CCC#N)Cc3ccc(OCCN)c(c3)-c3cc2ccc3OCCN)c(Br)c1. The number of unbranched alkanes of at least 4 members (excludes halogenated alkanes) is 5. The number of ketones is 3. The molecule has 0 unspecified atom stereocenters. The molecule has 3 aromatic rings. The van der Waals surface area contributed by atoms with Gasteiger partial charge in [0.05, 0.1) is 12.1 Å². The topological polar surface area (TPSA) is 221 Å². The van der Waals surface area contributed by atoms with Crippen molar-refractivity contribution in [2.75, 3.05) is 39.9 Å². The number of fused-ring (bicyclic) bond motifs is 5. The van der Waals surface area contributed by atoms with Crippen LogP contribution in [0, 0.1) is 23.2 Å². The van der Waals surface area contributed by atoms with Gasteiger partial charge in [-0.15, -0.1) is 0 Å². The van der Waals surface area contributed by atoms with E-state index < -0.39 is 41.5 Å². The molecule has 4 bridgehead atoms. The fourth-order valence-corrected chi connectivity index (χ4v) is 8.67. The van der Waals surface area contributed by atoms with Gasteiger partial charge in [-0.2, -0.15) is 5.26 Å². The minimum Gasteiger partial charge on any atom is -0.492 e. The first-order chi connectivity index (χ1) is 30.4. The van der Waals surface area contributed by atoms with Crippen molar-refractivity contribution in [3.63, 3.8) is 0 Å². The van der Waals surface area contributed by atoms with E-state index in [1.165, 1.54) is 37.6 Å². The molecule has 0 radical (unpaired) electrons. The van der Waals surface area contributed by atoms with Gasteiger partial charge in [0.2, 0.25) is 11.8 Å². The van der Waals surface area contributed by atoms with Crippen LogP contribution in [0.2, 0.25) is 0 Å². The van der Waals surface area contributed by atoms with Crippen molar-refractivity contribution in [1.29, 1.82) is 5.26 Å². The molecule has 0 spiro atoms. The lowest BCUT2D eigenvalue weighted by Gasteiger charge is -2.32. The standard InChI is InChI=1S/C49H65BrN6O7/c1-4-5-6-7-8-9-11-33-13-16-37(40(50)28-33)43(58)31-36(19-21-52)49(61)56(3)47-35-15-18-46(63-25-23-54)39(30-35)38-27-34(14-17-45(38)62-24-22-53)29-41(42(57)12-10-20-51)55-48(60)32(2)26-44(47)59/h13-18,27-28,30,32,36,41,47H,4-12,19,21-26,29,31,52-54H2,1-3H3,(H,55,60)/t32-,36-,41+,47+/m1/s1. The lowest BCUT2D eigenvalue weighted by atomic mass is 9.88. The van der Waals surface area contributed by atoms with Crippen molar-refractivity contribution in [3.05, 3.63) is 81.3 Å². The Kier molecular flexibility index (Phi) is 20.9. The van der Waals surface area contributed by atoms with Gasteiger partial charge in [-0.25, -0.2) is 0 Å². The molecule has 0 saturated carbocycles. The monoisotopic (exact) mass is 928 g/mol. The van der Waals surface area contributed by atoms with Crippen LogP contribution in [0.15, 0.2) is 59.1 Å². The highest BCUT2D eigenvalue weighted by Gasteiger charge is 2.36. The number of halogens is 1. The van der Waals surface area contributed by atoms with E-state index in [2.05, 4.69) is 28.2 Å². The van der Waals surface area contributed by atoms with Crippen molar-refractivity contribution in [2.24, 2.45) is 29.0 Å². The minimum absolute atomic E-state index is 0.0212. The van der Waals surface area contributed by atoms with Gasteiger partial charge < -0.3 is 36.9 Å². The number of carbonyl (C=O) groups excluding carboxylic acids is 5. The third-order valence-corrected chi connectivity index (χ3v) is 12.1. The van der Waals surface area contributed by atoms with Crippen molar-refractivity contribution in [1.82, 2.24) is 10.2 Å². The Bertz CT molecular complexity index is 2090. The van der Waals surface area contributed by atoms with Crippen LogP contribution < -0.4 is 32.0 Å². The number of nitriles is 1. The molecule has 340 valence electrons. The number of amides is 2. The van der Waals surface area contributed by atoms with E-state index in [1.54, 1.807) is 43.3 Å². The van der Waals surface area contributed by atoms with E-state index in [9.17, 15) is 29.2 Å². The molecule has 1 heterocycles. The van der Waals surface area contributed by atoms with Gasteiger partial charge in [0.25, 0.3) is 0 Å². The molecule has 1 aliphatic rings. The zero-order chi connectivity index (χ0) is 45.9. The molecule has 7 N–H and O–H groups in total. The summed E-state index contributed by atoms with van der Waals surface area (Å²) in [6.45, 7) is 4.74. The number of aryl methyl sites for hydroxylation is 1. The third-order valence-electron chi connectivity index (χ3n) is 11.5. The Labute approximate surface area is 380 Å². The number of rotatable bonds is 23. The number of nitrogens with two attached hydrogens (primary N) is 3. The second-order valence-corrected chi connectivity index (χ2v) is 17.3. The number of benzene rings is 3. The van der Waals surface area contributed by atoms with Crippen LogP contribution in [0.25, 0.3) is 11.1 Å². The smallest absolute Gasteiger partial charge is 0.226 e. The number of nitrogens with one attached hydrogen (secondary N) is 1. The maximum absolute atomic E-state index is 14.7. The van der Waals surface area contributed by atoms with Gasteiger partial charge in [0.1, 0.15) is 30.8 Å². The summed E-state index contributed by atoms with van der Waals surface area (Å²) >= 11 is 3.61. The predicted molar refractivity (Wildman–Crippen MR) is 248 cm³/mol. The van der Waals surface area contributed by atoms with Crippen molar-refractivity contribution < 1.29 is 33.4 Å². The van der Waals surface area contributed by atoms with Crippen LogP contribution in [0.3, 0.4) is 0 Å². The van der Waals surface area contributed by atoms with Gasteiger partial charge in [-0.1, -0.05) is 80.1 Å². The van der Waals surface area contributed by atoms with E-state index in [4.69, 9.17) is 26.7 Å². The average molecular weight is 930 g/mol. The number of hydrogen-bond acceptors (Lipinski definition) is 11. The lowest BCUT2D eigenvalue weighted by molar-refractivity contribution is -0.142. The number of ether oxygens (including phenoxy) is 2. The normalized spacial score (nSPS) is 16.9. The molecule has 2 amide bonds. The largest absolute Gasteiger partial charge is 0.492 e. The number of hydrogen-bond donors (Lipinski definition) is 4. The van der Waals surface area contributed by atoms with E-state index in [0.717, 1.165) is 24.8 Å². The first kappa shape index (κ1) is 50.7. The van der Waals surface area contributed by atoms with Gasteiger partial charge in [-0.05, 0) is 85.3 Å². The van der Waals surface area contributed by atoms with E-state index >= 15 is 0 Å². The van der Waals surface area contributed by atoms with Crippen LogP contribution in [-0.4, -0.2) is 80.0 Å². The Morgan fingerprint density at radius 3 is 2.21 bits per heavy atom. The van der Waals surface area contributed by atoms with Crippen LogP contribution >= 0.6 is 15.9 Å². The number of carbonyl (C=O) groups is 5. The zero-order valence-corrected chi connectivity index (χ0v) is 38.7. The molecular weight excluding hydrogens is 864 g/mol. The second-order valence-electron chi connectivity index (χ2n) is 16.4. The van der Waals surface area contributed by atoms with Gasteiger partial charge in [0.15, 0.2) is 17.3 Å². The molecule has 0 aromatic heterocycles. The number of nitrogens with zero attached hydrogens (tertiary/aromatic N) is 2. The van der Waals surface area contributed by atoms with Gasteiger partial charge in [0, 0.05) is 78.8 Å². The number of Topliss-reactive ketones (excluding diaryl/α,β-unsaturated/α-hetero) is 3. The summed E-state index contributed by atoms with van der Waals surface area (Å²) in [5.41, 5.74) is 21.6. The fourth-order valence-electron chi connectivity index (χ4n) is 8.02. The van der Waals surface area contributed by atoms with Gasteiger partial charge >= 0.3 is 0 Å². The average Bonchev–Trinajstić information content (AvgIpc) is 3.27. The molecule has 14 heteroatoms. The molecule has 13 nitrogen and oxygen atoms in total. The summed E-state index contributed by atoms with van der Waals surface area (Å²) in [6.07, 6.45) is 7.83. The summed E-state index contributed by atoms with van der Waals surface area (Å²) in [5, 5.41) is 12.1. The maximum atomic E-state index is 14.7. The highest BCUT2D eigenvalue weighted by molar-refractivity contribution is 9.10. The molecule has 0 saturated heterocycles. The molecule has 1 aliphatic heterocycles. The number of likely N-dealkylation sites (N-methyl/N-ethyl adjacent to an activating group) is 1. The molecule has 4 rings (SSSR count). The first-order valence-corrected chi connectivity index (χ1v) is 23.1. The Hall–Kier alpha value is -4.94.